The molecule has 0 amide bonds. The van der Waals surface area contributed by atoms with Gasteiger partial charge in [0.2, 0.25) is 0 Å². The van der Waals surface area contributed by atoms with Crippen LogP contribution in [0, 0.1) is 0 Å². The first-order valence-corrected chi connectivity index (χ1v) is 9.62. The van der Waals surface area contributed by atoms with Crippen molar-refractivity contribution in [2.24, 2.45) is 4.99 Å². The summed E-state index contributed by atoms with van der Waals surface area (Å²) in [5.41, 5.74) is 0. The average Bonchev–Trinajstić information content (AvgIpc) is 2.61. The number of benzene rings is 1. The summed E-state index contributed by atoms with van der Waals surface area (Å²) in [7, 11) is 1.68. The minimum Gasteiger partial charge on any atom is -0.382 e. The molecule has 1 aromatic carbocycles. The highest BCUT2D eigenvalue weighted by atomic mass is 127. The smallest absolute Gasteiger partial charge is 0.191 e. The van der Waals surface area contributed by atoms with Crippen LogP contribution in [-0.2, 0) is 9.47 Å². The molecule has 0 atom stereocenters. The molecule has 7 heteroatoms. The summed E-state index contributed by atoms with van der Waals surface area (Å²) in [5.74, 6) is 1.97. The second kappa shape index (κ2) is 18.3. The summed E-state index contributed by atoms with van der Waals surface area (Å²) >= 11 is 1.88. The zero-order valence-electron chi connectivity index (χ0n) is 15.3. The highest BCUT2D eigenvalue weighted by Gasteiger charge is 1.97. The number of ether oxygens (including phenoxy) is 2. The third-order valence-corrected chi connectivity index (χ3v) is 4.22. The maximum atomic E-state index is 5.44. The number of hydrogen-bond acceptors (Lipinski definition) is 4. The normalized spacial score (nSPS) is 11.0. The van der Waals surface area contributed by atoms with Gasteiger partial charge in [0.25, 0.3) is 0 Å². The molecular formula is C18H32IN3O2S. The van der Waals surface area contributed by atoms with Crippen molar-refractivity contribution < 1.29 is 9.47 Å². The van der Waals surface area contributed by atoms with Gasteiger partial charge in [-0.25, -0.2) is 0 Å². The van der Waals surface area contributed by atoms with Crippen LogP contribution in [0.1, 0.15) is 19.8 Å². The van der Waals surface area contributed by atoms with Crippen LogP contribution in [0.3, 0.4) is 0 Å². The van der Waals surface area contributed by atoms with E-state index in [1.54, 1.807) is 7.11 Å². The van der Waals surface area contributed by atoms with Gasteiger partial charge in [-0.3, -0.25) is 4.99 Å². The molecule has 0 aliphatic carbocycles. The fourth-order valence-corrected chi connectivity index (χ4v) is 2.79. The maximum Gasteiger partial charge on any atom is 0.191 e. The van der Waals surface area contributed by atoms with Crippen molar-refractivity contribution >= 4 is 41.7 Å². The molecule has 0 saturated carbocycles. The predicted molar refractivity (Wildman–Crippen MR) is 118 cm³/mol. The minimum atomic E-state index is 0. The first kappa shape index (κ1) is 24.5. The van der Waals surface area contributed by atoms with E-state index in [0.29, 0.717) is 13.2 Å². The van der Waals surface area contributed by atoms with Crippen molar-refractivity contribution in [3.05, 3.63) is 30.3 Å². The van der Waals surface area contributed by atoms with E-state index in [4.69, 9.17) is 9.47 Å². The van der Waals surface area contributed by atoms with Crippen molar-refractivity contribution in [3.63, 3.8) is 0 Å². The summed E-state index contributed by atoms with van der Waals surface area (Å²) in [4.78, 5) is 5.93. The lowest BCUT2D eigenvalue weighted by molar-refractivity contribution is 0.0698. The average molecular weight is 481 g/mol. The number of thioether (sulfide) groups is 1. The quantitative estimate of drug-likeness (QED) is 0.149. The third-order valence-electron chi connectivity index (χ3n) is 3.12. The van der Waals surface area contributed by atoms with Crippen LogP contribution in [0.2, 0.25) is 0 Å². The van der Waals surface area contributed by atoms with Crippen LogP contribution in [0.15, 0.2) is 40.2 Å². The molecule has 0 aliphatic heterocycles. The highest BCUT2D eigenvalue weighted by molar-refractivity contribution is 14.0. The zero-order chi connectivity index (χ0) is 17.3. The molecule has 0 unspecified atom stereocenters. The summed E-state index contributed by atoms with van der Waals surface area (Å²) in [6.07, 6.45) is 2.02. The van der Waals surface area contributed by atoms with Crippen molar-refractivity contribution in [2.45, 2.75) is 24.7 Å². The Morgan fingerprint density at radius 2 is 1.88 bits per heavy atom. The summed E-state index contributed by atoms with van der Waals surface area (Å²) in [6, 6.07) is 10.5. The molecule has 0 fully saturated rings. The molecule has 5 nitrogen and oxygen atoms in total. The predicted octanol–water partition coefficient (Wildman–Crippen LogP) is 3.40. The molecule has 0 heterocycles. The number of halogens is 1. The highest BCUT2D eigenvalue weighted by Crippen LogP contribution is 2.17. The van der Waals surface area contributed by atoms with E-state index in [1.807, 2.05) is 17.8 Å². The minimum absolute atomic E-state index is 0. The Balaban J connectivity index is 0.00000576. The molecule has 144 valence electrons. The van der Waals surface area contributed by atoms with Gasteiger partial charge in [-0.15, -0.1) is 35.7 Å². The summed E-state index contributed by atoms with van der Waals surface area (Å²) < 4.78 is 10.4. The largest absolute Gasteiger partial charge is 0.382 e. The number of hydrogen-bond donors (Lipinski definition) is 2. The molecule has 0 aliphatic rings. The lowest BCUT2D eigenvalue weighted by Gasteiger charge is -2.11. The van der Waals surface area contributed by atoms with Crippen molar-refractivity contribution in [2.75, 3.05) is 52.3 Å². The van der Waals surface area contributed by atoms with E-state index < -0.39 is 0 Å². The first-order valence-electron chi connectivity index (χ1n) is 8.63. The van der Waals surface area contributed by atoms with Crippen LogP contribution >= 0.6 is 35.7 Å². The van der Waals surface area contributed by atoms with Crippen molar-refractivity contribution in [1.82, 2.24) is 10.6 Å². The van der Waals surface area contributed by atoms with Crippen LogP contribution in [-0.4, -0.2) is 58.3 Å². The zero-order valence-corrected chi connectivity index (χ0v) is 18.5. The first-order chi connectivity index (χ1) is 11.9. The van der Waals surface area contributed by atoms with E-state index in [2.05, 4.69) is 46.8 Å². The second-order valence-electron chi connectivity index (χ2n) is 5.16. The van der Waals surface area contributed by atoms with Gasteiger partial charge in [0.05, 0.1) is 13.2 Å². The summed E-state index contributed by atoms with van der Waals surface area (Å²) in [6.45, 7) is 6.69. The number of aliphatic imine (C=N–C) groups is 1. The monoisotopic (exact) mass is 481 g/mol. The molecule has 0 spiro atoms. The van der Waals surface area contributed by atoms with Crippen LogP contribution in [0.4, 0.5) is 0 Å². The van der Waals surface area contributed by atoms with Gasteiger partial charge in [0.1, 0.15) is 0 Å². The molecular weight excluding hydrogens is 449 g/mol. The Kier molecular flexibility index (Phi) is 17.9. The molecule has 25 heavy (non-hydrogen) atoms. The lowest BCUT2D eigenvalue weighted by atomic mass is 10.4. The van der Waals surface area contributed by atoms with Crippen LogP contribution < -0.4 is 10.6 Å². The summed E-state index contributed by atoms with van der Waals surface area (Å²) in [5, 5.41) is 6.61. The van der Waals surface area contributed by atoms with Crippen LogP contribution in [0.5, 0.6) is 0 Å². The third kappa shape index (κ3) is 14.4. The Morgan fingerprint density at radius 1 is 1.08 bits per heavy atom. The Hall–Kier alpha value is -0.510. The van der Waals surface area contributed by atoms with Gasteiger partial charge in [-0.1, -0.05) is 18.2 Å². The fraction of sp³-hybridized carbons (Fsp3) is 0.611. The maximum absolute atomic E-state index is 5.44. The molecule has 0 saturated heterocycles. The topological polar surface area (TPSA) is 54.9 Å². The fourth-order valence-electron chi connectivity index (χ4n) is 1.93. The Morgan fingerprint density at radius 3 is 2.60 bits per heavy atom. The molecule has 1 aromatic rings. The van der Waals surface area contributed by atoms with E-state index >= 15 is 0 Å². The van der Waals surface area contributed by atoms with Gasteiger partial charge in [-0.2, -0.15) is 0 Å². The van der Waals surface area contributed by atoms with Gasteiger partial charge >= 0.3 is 0 Å². The number of methoxy groups -OCH3 is 1. The van der Waals surface area contributed by atoms with E-state index in [9.17, 15) is 0 Å². The number of nitrogens with zero attached hydrogens (tertiary/aromatic N) is 1. The molecule has 0 bridgehead atoms. The van der Waals surface area contributed by atoms with Crippen molar-refractivity contribution in [1.29, 1.82) is 0 Å². The Bertz CT molecular complexity index is 436. The molecule has 2 N–H and O–H groups in total. The van der Waals surface area contributed by atoms with Crippen LogP contribution in [0.25, 0.3) is 0 Å². The van der Waals surface area contributed by atoms with Gasteiger partial charge < -0.3 is 20.1 Å². The van der Waals surface area contributed by atoms with E-state index in [-0.39, 0.29) is 24.0 Å². The molecule has 0 radical (unpaired) electrons. The van der Waals surface area contributed by atoms with Crippen molar-refractivity contribution in [3.8, 4) is 0 Å². The Labute approximate surface area is 173 Å². The standard InChI is InChI=1S/C18H31N3O2S.HI/c1-3-19-18(20-11-7-13-23-15-14-22-2)21-12-8-16-24-17-9-5-4-6-10-17;/h4-6,9-10H,3,7-8,11-16H2,1-2H3,(H2,19,20,21);1H. The lowest BCUT2D eigenvalue weighted by Crippen LogP contribution is -2.38. The van der Waals surface area contributed by atoms with Gasteiger partial charge in [0, 0.05) is 38.2 Å². The number of guanidine groups is 1. The molecule has 0 aromatic heterocycles. The van der Waals surface area contributed by atoms with E-state index in [0.717, 1.165) is 50.8 Å². The second-order valence-corrected chi connectivity index (χ2v) is 6.33. The SMILES string of the molecule is CCNC(=NCCCSc1ccccc1)NCCCOCCOC.I. The van der Waals surface area contributed by atoms with Gasteiger partial charge in [-0.05, 0) is 37.7 Å². The number of rotatable bonds is 13. The van der Waals surface area contributed by atoms with Gasteiger partial charge in [0.15, 0.2) is 5.96 Å². The van der Waals surface area contributed by atoms with E-state index in [1.165, 1.54) is 4.90 Å². The molecule has 1 rings (SSSR count). The number of nitrogens with one attached hydrogen (secondary N) is 2.